The quantitative estimate of drug-likeness (QED) is 0.368. The van der Waals surface area contributed by atoms with Crippen LogP contribution in [0.15, 0.2) is 54.6 Å². The number of amides is 2. The van der Waals surface area contributed by atoms with Crippen molar-refractivity contribution in [2.75, 3.05) is 13.2 Å². The number of rotatable bonds is 9. The Morgan fingerprint density at radius 2 is 1.71 bits per heavy atom. The van der Waals surface area contributed by atoms with Crippen LogP contribution in [0.3, 0.4) is 0 Å². The van der Waals surface area contributed by atoms with Crippen LogP contribution in [0.1, 0.15) is 39.6 Å². The second-order valence-corrected chi connectivity index (χ2v) is 8.20. The van der Waals surface area contributed by atoms with Crippen LogP contribution in [0.2, 0.25) is 0 Å². The van der Waals surface area contributed by atoms with Gasteiger partial charge < -0.3 is 25.6 Å². The Kier molecular flexibility index (Phi) is 7.11. The third kappa shape index (κ3) is 5.17. The van der Waals surface area contributed by atoms with Crippen LogP contribution < -0.4 is 10.6 Å². The highest BCUT2D eigenvalue weighted by atomic mass is 16.5. The molecule has 0 unspecified atom stereocenters. The zero-order chi connectivity index (χ0) is 24.9. The molecule has 3 aromatic rings. The predicted octanol–water partition coefficient (Wildman–Crippen LogP) is 2.02. The molecule has 0 aliphatic heterocycles. The van der Waals surface area contributed by atoms with Crippen LogP contribution in [0.5, 0.6) is 0 Å². The number of nitrogens with one attached hydrogen (secondary N) is 2. The summed E-state index contributed by atoms with van der Waals surface area (Å²) in [4.78, 5) is 36.0. The van der Waals surface area contributed by atoms with Gasteiger partial charge in [-0.3, -0.25) is 9.48 Å². The number of nitrogens with zero attached hydrogens (tertiary/aromatic N) is 2. The van der Waals surface area contributed by atoms with Crippen molar-refractivity contribution in [2.45, 2.75) is 24.9 Å². The number of aryl methyl sites for hydroxylation is 1. The molecule has 0 radical (unpaired) electrons. The van der Waals surface area contributed by atoms with E-state index < -0.39 is 24.0 Å². The van der Waals surface area contributed by atoms with Gasteiger partial charge in [0, 0.05) is 26.0 Å². The van der Waals surface area contributed by atoms with E-state index in [0.717, 1.165) is 22.3 Å². The zero-order valence-electron chi connectivity index (χ0n) is 19.1. The molecule has 2 amide bonds. The van der Waals surface area contributed by atoms with E-state index in [9.17, 15) is 14.4 Å². The van der Waals surface area contributed by atoms with Gasteiger partial charge in [0.15, 0.2) is 0 Å². The van der Waals surface area contributed by atoms with Crippen molar-refractivity contribution in [3.63, 3.8) is 0 Å². The van der Waals surface area contributed by atoms with Crippen molar-refractivity contribution in [1.29, 1.82) is 0 Å². The minimum Gasteiger partial charge on any atom is -0.480 e. The molecule has 10 heteroatoms. The SMILES string of the molecule is Cn1nc(CNC(=O)OCC2c3ccccc3-c3ccccc32)cc1C(=O)N[C@@H](CCO)C(=O)O. The van der Waals surface area contributed by atoms with Gasteiger partial charge in [-0.25, -0.2) is 9.59 Å². The molecule has 0 bridgehead atoms. The average molecular weight is 479 g/mol. The maximum Gasteiger partial charge on any atom is 0.407 e. The Hall–Kier alpha value is -4.18. The summed E-state index contributed by atoms with van der Waals surface area (Å²) in [7, 11) is 1.54. The number of ether oxygens (including phenoxy) is 1. The van der Waals surface area contributed by atoms with Gasteiger partial charge in [0.2, 0.25) is 0 Å². The number of hydrogen-bond acceptors (Lipinski definition) is 6. The second-order valence-electron chi connectivity index (χ2n) is 8.20. The summed E-state index contributed by atoms with van der Waals surface area (Å²) in [6.45, 7) is -0.175. The normalized spacial score (nSPS) is 13.0. The van der Waals surface area contributed by atoms with Gasteiger partial charge in [0.1, 0.15) is 18.3 Å². The van der Waals surface area contributed by atoms with Crippen LogP contribution in [-0.2, 0) is 23.1 Å². The molecular weight excluding hydrogens is 452 g/mol. The molecule has 0 fully saturated rings. The molecule has 4 N–H and O–H groups in total. The first-order chi connectivity index (χ1) is 16.9. The monoisotopic (exact) mass is 478 g/mol. The first-order valence-electron chi connectivity index (χ1n) is 11.1. The van der Waals surface area contributed by atoms with E-state index in [4.69, 9.17) is 14.9 Å². The van der Waals surface area contributed by atoms with Crippen LogP contribution in [-0.4, -0.2) is 57.2 Å². The number of benzene rings is 2. The molecule has 1 aromatic heterocycles. The summed E-state index contributed by atoms with van der Waals surface area (Å²) in [6, 6.07) is 16.3. The summed E-state index contributed by atoms with van der Waals surface area (Å²) in [6.07, 6.45) is -0.729. The molecule has 1 aliphatic carbocycles. The van der Waals surface area contributed by atoms with Gasteiger partial charge in [-0.1, -0.05) is 48.5 Å². The van der Waals surface area contributed by atoms with E-state index in [1.807, 2.05) is 36.4 Å². The Morgan fingerprint density at radius 3 is 2.31 bits per heavy atom. The number of aromatic nitrogens is 2. The standard InChI is InChI=1S/C25H26N4O6/c1-29-22(23(31)27-21(10-11-30)24(32)33)12-15(28-29)13-26-25(34)35-14-20-18-8-4-2-6-16(18)17-7-3-5-9-19(17)20/h2-9,12,20-21,30H,10-11,13-14H2,1H3,(H,26,34)(H,27,31)(H,32,33)/t21-/m0/s1. The Balaban J connectivity index is 1.34. The Labute approximate surface area is 201 Å². The number of carboxylic acid groups (broad SMARTS) is 1. The maximum atomic E-state index is 12.4. The number of alkyl carbamates (subject to hydrolysis) is 1. The Bertz CT molecular complexity index is 1210. The lowest BCUT2D eigenvalue weighted by Gasteiger charge is -2.14. The van der Waals surface area contributed by atoms with E-state index in [0.29, 0.717) is 5.69 Å². The van der Waals surface area contributed by atoms with E-state index in [1.165, 1.54) is 17.8 Å². The van der Waals surface area contributed by atoms with Crippen molar-refractivity contribution >= 4 is 18.0 Å². The summed E-state index contributed by atoms with van der Waals surface area (Å²) < 4.78 is 6.79. The van der Waals surface area contributed by atoms with Gasteiger partial charge in [-0.15, -0.1) is 0 Å². The largest absolute Gasteiger partial charge is 0.480 e. The molecule has 0 saturated carbocycles. The number of fused-ring (bicyclic) bond motifs is 3. The number of carbonyl (C=O) groups is 3. The molecule has 1 aliphatic rings. The fourth-order valence-corrected chi connectivity index (χ4v) is 4.26. The average Bonchev–Trinajstić information content (AvgIpc) is 3.38. The highest BCUT2D eigenvalue weighted by Gasteiger charge is 2.29. The molecule has 35 heavy (non-hydrogen) atoms. The van der Waals surface area contributed by atoms with Gasteiger partial charge in [0.05, 0.1) is 12.2 Å². The zero-order valence-corrected chi connectivity index (χ0v) is 19.1. The highest BCUT2D eigenvalue weighted by Crippen LogP contribution is 2.44. The van der Waals surface area contributed by atoms with Crippen molar-refractivity contribution in [3.8, 4) is 11.1 Å². The topological polar surface area (TPSA) is 143 Å². The lowest BCUT2D eigenvalue weighted by atomic mass is 9.98. The highest BCUT2D eigenvalue weighted by molar-refractivity contribution is 5.95. The minimum atomic E-state index is -1.24. The first kappa shape index (κ1) is 24.0. The molecule has 1 heterocycles. The summed E-state index contributed by atoms with van der Waals surface area (Å²) in [5.41, 5.74) is 5.03. The molecule has 182 valence electrons. The van der Waals surface area contributed by atoms with Gasteiger partial charge in [-0.05, 0) is 28.3 Å². The van der Waals surface area contributed by atoms with Crippen molar-refractivity contribution < 1.29 is 29.3 Å². The summed E-state index contributed by atoms with van der Waals surface area (Å²) in [5, 5.41) is 27.3. The lowest BCUT2D eigenvalue weighted by molar-refractivity contribution is -0.139. The summed E-state index contributed by atoms with van der Waals surface area (Å²) in [5.74, 6) is -1.95. The molecule has 2 aromatic carbocycles. The fraction of sp³-hybridized carbons (Fsp3) is 0.280. The van der Waals surface area contributed by atoms with E-state index >= 15 is 0 Å². The number of aliphatic hydroxyl groups is 1. The van der Waals surface area contributed by atoms with Gasteiger partial charge in [-0.2, -0.15) is 5.10 Å². The van der Waals surface area contributed by atoms with Crippen LogP contribution >= 0.6 is 0 Å². The second kappa shape index (κ2) is 10.4. The lowest BCUT2D eigenvalue weighted by Crippen LogP contribution is -2.42. The minimum absolute atomic E-state index is 0.0246. The maximum absolute atomic E-state index is 12.4. The van der Waals surface area contributed by atoms with Crippen molar-refractivity contribution in [2.24, 2.45) is 7.05 Å². The van der Waals surface area contributed by atoms with E-state index in [2.05, 4.69) is 27.9 Å². The number of aliphatic hydroxyl groups excluding tert-OH is 1. The molecule has 0 saturated heterocycles. The number of hydrogen-bond donors (Lipinski definition) is 4. The third-order valence-electron chi connectivity index (χ3n) is 5.94. The van der Waals surface area contributed by atoms with Crippen LogP contribution in [0.4, 0.5) is 4.79 Å². The van der Waals surface area contributed by atoms with Gasteiger partial charge in [0.25, 0.3) is 5.91 Å². The molecular formula is C25H26N4O6. The number of carbonyl (C=O) groups excluding carboxylic acids is 2. The number of aliphatic carboxylic acids is 1. The smallest absolute Gasteiger partial charge is 0.407 e. The van der Waals surface area contributed by atoms with Crippen molar-refractivity contribution in [3.05, 3.63) is 77.1 Å². The molecule has 0 spiro atoms. The molecule has 10 nitrogen and oxygen atoms in total. The van der Waals surface area contributed by atoms with Crippen LogP contribution in [0.25, 0.3) is 11.1 Å². The third-order valence-corrected chi connectivity index (χ3v) is 5.94. The summed E-state index contributed by atoms with van der Waals surface area (Å²) >= 11 is 0. The van der Waals surface area contributed by atoms with Crippen molar-refractivity contribution in [1.82, 2.24) is 20.4 Å². The predicted molar refractivity (Wildman–Crippen MR) is 126 cm³/mol. The molecule has 1 atom stereocenters. The molecule has 4 rings (SSSR count). The van der Waals surface area contributed by atoms with E-state index in [-0.39, 0.29) is 37.8 Å². The Morgan fingerprint density at radius 1 is 1.09 bits per heavy atom. The fourth-order valence-electron chi connectivity index (χ4n) is 4.26. The van der Waals surface area contributed by atoms with E-state index in [1.54, 1.807) is 0 Å². The number of carboxylic acids is 1. The van der Waals surface area contributed by atoms with Gasteiger partial charge >= 0.3 is 12.1 Å². The van der Waals surface area contributed by atoms with Crippen LogP contribution in [0, 0.1) is 0 Å². The first-order valence-corrected chi connectivity index (χ1v) is 11.1.